The fraction of sp³-hybridized carbons (Fsp3) is 0.115. The molecular weight excluding hydrogens is 356 g/mol. The van der Waals surface area contributed by atoms with Crippen molar-refractivity contribution in [2.75, 3.05) is 16.8 Å². The van der Waals surface area contributed by atoms with Crippen molar-refractivity contribution in [1.82, 2.24) is 0 Å². The van der Waals surface area contributed by atoms with Crippen LogP contribution < -0.4 is 10.2 Å². The molecule has 1 aliphatic heterocycles. The first kappa shape index (κ1) is 17.5. The van der Waals surface area contributed by atoms with Gasteiger partial charge in [-0.3, -0.25) is 4.79 Å². The van der Waals surface area contributed by atoms with Crippen LogP contribution in [-0.2, 0) is 13.0 Å². The molecule has 1 heterocycles. The maximum Gasteiger partial charge on any atom is 0.255 e. The smallest absolute Gasteiger partial charge is 0.255 e. The van der Waals surface area contributed by atoms with Gasteiger partial charge in [-0.15, -0.1) is 0 Å². The number of hydrogen-bond acceptors (Lipinski definition) is 2. The van der Waals surface area contributed by atoms with Crippen LogP contribution in [0.2, 0.25) is 0 Å². The summed E-state index contributed by atoms with van der Waals surface area (Å²) < 4.78 is 0. The van der Waals surface area contributed by atoms with Crippen molar-refractivity contribution >= 4 is 28.1 Å². The molecular formula is C26H22N2O. The summed E-state index contributed by atoms with van der Waals surface area (Å²) in [4.78, 5) is 15.1. The molecule has 3 nitrogen and oxygen atoms in total. The zero-order valence-corrected chi connectivity index (χ0v) is 16.1. The second kappa shape index (κ2) is 7.44. The molecule has 0 saturated carbocycles. The monoisotopic (exact) mass is 378 g/mol. The number of nitrogens with one attached hydrogen (secondary N) is 1. The highest BCUT2D eigenvalue weighted by Crippen LogP contribution is 2.29. The Labute approximate surface area is 170 Å². The number of carbonyl (C=O) groups is 1. The van der Waals surface area contributed by atoms with Crippen LogP contribution in [0.1, 0.15) is 21.5 Å². The second-order valence-electron chi connectivity index (χ2n) is 7.51. The Balaban J connectivity index is 1.27. The first-order chi connectivity index (χ1) is 14.3. The Morgan fingerprint density at radius 2 is 1.59 bits per heavy atom. The van der Waals surface area contributed by atoms with E-state index in [1.54, 1.807) is 0 Å². The van der Waals surface area contributed by atoms with E-state index in [1.165, 1.54) is 22.2 Å². The van der Waals surface area contributed by atoms with Crippen LogP contribution in [0.3, 0.4) is 0 Å². The minimum absolute atomic E-state index is 0.0849. The topological polar surface area (TPSA) is 32.3 Å². The summed E-state index contributed by atoms with van der Waals surface area (Å²) >= 11 is 0. The van der Waals surface area contributed by atoms with E-state index in [1.807, 2.05) is 42.5 Å². The third-order valence-electron chi connectivity index (χ3n) is 5.58. The molecule has 1 amide bonds. The molecule has 3 heteroatoms. The third-order valence-corrected chi connectivity index (χ3v) is 5.58. The van der Waals surface area contributed by atoms with Gasteiger partial charge >= 0.3 is 0 Å². The van der Waals surface area contributed by atoms with Gasteiger partial charge in [-0.05, 0) is 58.7 Å². The van der Waals surface area contributed by atoms with Gasteiger partial charge in [0.1, 0.15) is 0 Å². The summed E-state index contributed by atoms with van der Waals surface area (Å²) in [5.41, 5.74) is 5.43. The summed E-state index contributed by atoms with van der Waals surface area (Å²) in [5.74, 6) is -0.0849. The number of anilines is 2. The van der Waals surface area contributed by atoms with Crippen LogP contribution in [0.25, 0.3) is 10.8 Å². The number of amides is 1. The minimum Gasteiger partial charge on any atom is -0.367 e. The molecule has 0 atom stereocenters. The summed E-state index contributed by atoms with van der Waals surface area (Å²) in [5, 5.41) is 5.29. The molecule has 142 valence electrons. The molecule has 1 aliphatic rings. The molecule has 5 rings (SSSR count). The summed E-state index contributed by atoms with van der Waals surface area (Å²) in [7, 11) is 0. The highest BCUT2D eigenvalue weighted by Gasteiger charge is 2.18. The maximum absolute atomic E-state index is 12.6. The number of nitrogens with zero attached hydrogens (tertiary/aromatic N) is 1. The number of fused-ring (bicyclic) bond motifs is 2. The molecule has 0 aliphatic carbocycles. The van der Waals surface area contributed by atoms with E-state index in [0.717, 1.165) is 30.6 Å². The number of carbonyl (C=O) groups excluding carboxylic acids is 1. The van der Waals surface area contributed by atoms with Crippen LogP contribution in [0.4, 0.5) is 11.4 Å². The third kappa shape index (κ3) is 3.59. The number of para-hydroxylation sites is 1. The lowest BCUT2D eigenvalue weighted by atomic mass is 10.1. The van der Waals surface area contributed by atoms with Gasteiger partial charge in [0.2, 0.25) is 0 Å². The highest BCUT2D eigenvalue weighted by molar-refractivity contribution is 6.05. The molecule has 4 aromatic carbocycles. The number of rotatable bonds is 4. The Morgan fingerprint density at radius 1 is 0.828 bits per heavy atom. The van der Waals surface area contributed by atoms with Crippen LogP contribution in [0.5, 0.6) is 0 Å². The predicted molar refractivity (Wildman–Crippen MR) is 120 cm³/mol. The van der Waals surface area contributed by atoms with Gasteiger partial charge < -0.3 is 10.2 Å². The lowest BCUT2D eigenvalue weighted by molar-refractivity contribution is 0.102. The van der Waals surface area contributed by atoms with Crippen molar-refractivity contribution in [1.29, 1.82) is 0 Å². The predicted octanol–water partition coefficient (Wildman–Crippen LogP) is 5.65. The standard InChI is InChI=1S/C26H22N2O/c29-26(27-24-14-13-20-5-1-2-7-23(20)17-24)22-11-9-19(10-12-22)18-28-16-15-21-6-3-4-8-25(21)28/h1-14,17H,15-16,18H2,(H,27,29). The number of benzene rings is 4. The van der Waals surface area contributed by atoms with Crippen molar-refractivity contribution in [3.05, 3.63) is 108 Å². The minimum atomic E-state index is -0.0849. The van der Waals surface area contributed by atoms with Gasteiger partial charge in [-0.25, -0.2) is 0 Å². The largest absolute Gasteiger partial charge is 0.367 e. The van der Waals surface area contributed by atoms with Gasteiger partial charge in [-0.1, -0.05) is 60.7 Å². The lowest BCUT2D eigenvalue weighted by Crippen LogP contribution is -2.19. The van der Waals surface area contributed by atoms with Gasteiger partial charge in [0, 0.05) is 30.0 Å². The van der Waals surface area contributed by atoms with Crippen LogP contribution in [0.15, 0.2) is 91.0 Å². The molecule has 0 saturated heterocycles. The Kier molecular flexibility index (Phi) is 4.49. The van der Waals surface area contributed by atoms with Gasteiger partial charge in [0.05, 0.1) is 0 Å². The fourth-order valence-corrected chi connectivity index (χ4v) is 4.02. The Bertz CT molecular complexity index is 1180. The quantitative estimate of drug-likeness (QED) is 0.497. The van der Waals surface area contributed by atoms with Crippen LogP contribution >= 0.6 is 0 Å². The van der Waals surface area contributed by atoms with E-state index in [2.05, 4.69) is 58.7 Å². The van der Waals surface area contributed by atoms with E-state index in [-0.39, 0.29) is 5.91 Å². The molecule has 0 aromatic heterocycles. The fourth-order valence-electron chi connectivity index (χ4n) is 4.02. The Morgan fingerprint density at radius 3 is 2.45 bits per heavy atom. The maximum atomic E-state index is 12.6. The normalized spacial score (nSPS) is 12.8. The molecule has 0 bridgehead atoms. The first-order valence-electron chi connectivity index (χ1n) is 9.98. The van der Waals surface area contributed by atoms with Crippen molar-refractivity contribution in [2.24, 2.45) is 0 Å². The van der Waals surface area contributed by atoms with Crippen molar-refractivity contribution in [2.45, 2.75) is 13.0 Å². The van der Waals surface area contributed by atoms with Crippen LogP contribution in [0, 0.1) is 0 Å². The van der Waals surface area contributed by atoms with Crippen molar-refractivity contribution in [3.8, 4) is 0 Å². The molecule has 29 heavy (non-hydrogen) atoms. The number of hydrogen-bond donors (Lipinski definition) is 1. The molecule has 0 unspecified atom stereocenters. The van der Waals surface area contributed by atoms with E-state index >= 15 is 0 Å². The Hall–Kier alpha value is -3.59. The van der Waals surface area contributed by atoms with E-state index in [4.69, 9.17) is 0 Å². The summed E-state index contributed by atoms with van der Waals surface area (Å²) in [6, 6.07) is 30.6. The average molecular weight is 378 g/mol. The molecule has 1 N–H and O–H groups in total. The van der Waals surface area contributed by atoms with Gasteiger partial charge in [0.15, 0.2) is 0 Å². The lowest BCUT2D eigenvalue weighted by Gasteiger charge is -2.19. The van der Waals surface area contributed by atoms with Crippen molar-refractivity contribution in [3.63, 3.8) is 0 Å². The highest BCUT2D eigenvalue weighted by atomic mass is 16.1. The van der Waals surface area contributed by atoms with Crippen molar-refractivity contribution < 1.29 is 4.79 Å². The average Bonchev–Trinajstić information content (AvgIpc) is 3.17. The second-order valence-corrected chi connectivity index (χ2v) is 7.51. The zero-order valence-electron chi connectivity index (χ0n) is 16.1. The molecule has 0 fully saturated rings. The first-order valence-corrected chi connectivity index (χ1v) is 9.98. The van der Waals surface area contributed by atoms with Gasteiger partial charge in [0.25, 0.3) is 5.91 Å². The summed E-state index contributed by atoms with van der Waals surface area (Å²) in [6.45, 7) is 1.91. The van der Waals surface area contributed by atoms with Crippen LogP contribution in [-0.4, -0.2) is 12.5 Å². The molecule has 4 aromatic rings. The SMILES string of the molecule is O=C(Nc1ccc2ccccc2c1)c1ccc(CN2CCc3ccccc32)cc1. The van der Waals surface area contributed by atoms with Gasteiger partial charge in [-0.2, -0.15) is 0 Å². The summed E-state index contributed by atoms with van der Waals surface area (Å²) in [6.07, 6.45) is 1.10. The van der Waals surface area contributed by atoms with E-state index in [0.29, 0.717) is 5.56 Å². The van der Waals surface area contributed by atoms with E-state index in [9.17, 15) is 4.79 Å². The molecule has 0 spiro atoms. The zero-order chi connectivity index (χ0) is 19.6. The molecule has 0 radical (unpaired) electrons. The van der Waals surface area contributed by atoms with E-state index < -0.39 is 0 Å².